The van der Waals surface area contributed by atoms with Crippen molar-refractivity contribution >= 4 is 11.6 Å². The Labute approximate surface area is 109 Å². The molecule has 1 atom stereocenters. The molecule has 0 spiro atoms. The van der Waals surface area contributed by atoms with Crippen LogP contribution in [-0.2, 0) is 4.79 Å². The number of nitrogens with zero attached hydrogens (tertiary/aromatic N) is 1. The lowest BCUT2D eigenvalue weighted by Crippen LogP contribution is -2.24. The second-order valence-corrected chi connectivity index (χ2v) is 5.68. The maximum absolute atomic E-state index is 11.9. The molecule has 1 aromatic rings. The molecule has 0 bridgehead atoms. The van der Waals surface area contributed by atoms with Gasteiger partial charge in [-0.2, -0.15) is 5.26 Å². The van der Waals surface area contributed by atoms with Crippen molar-refractivity contribution in [1.29, 1.82) is 5.26 Å². The Bertz CT molecular complexity index is 466. The fourth-order valence-corrected chi connectivity index (χ4v) is 1.48. The Morgan fingerprint density at radius 1 is 1.39 bits per heavy atom. The van der Waals surface area contributed by atoms with Crippen molar-refractivity contribution in [2.24, 2.45) is 11.3 Å². The van der Waals surface area contributed by atoms with Gasteiger partial charge in [0.2, 0.25) is 5.91 Å². The Kier molecular flexibility index (Phi) is 4.49. The molecule has 0 fully saturated rings. The quantitative estimate of drug-likeness (QED) is 0.883. The third-order valence-corrected chi connectivity index (χ3v) is 3.29. The molecule has 0 aliphatic carbocycles. The second-order valence-electron chi connectivity index (χ2n) is 5.68. The monoisotopic (exact) mass is 244 g/mol. The van der Waals surface area contributed by atoms with Gasteiger partial charge in [-0.3, -0.25) is 4.79 Å². The number of nitrogens with one attached hydrogen (secondary N) is 1. The number of carbonyl (C=O) groups is 1. The number of hydrogen-bond donors (Lipinski definition) is 1. The van der Waals surface area contributed by atoms with E-state index in [4.69, 9.17) is 5.26 Å². The molecular formula is C15H20N2O. The van der Waals surface area contributed by atoms with Crippen molar-refractivity contribution in [2.45, 2.75) is 34.1 Å². The van der Waals surface area contributed by atoms with Gasteiger partial charge in [-0.1, -0.05) is 39.8 Å². The van der Waals surface area contributed by atoms with Gasteiger partial charge in [0.15, 0.2) is 0 Å². The van der Waals surface area contributed by atoms with E-state index in [9.17, 15) is 4.79 Å². The highest BCUT2D eigenvalue weighted by molar-refractivity contribution is 5.92. The van der Waals surface area contributed by atoms with Crippen LogP contribution >= 0.6 is 0 Å². The van der Waals surface area contributed by atoms with Crippen LogP contribution < -0.4 is 5.32 Å². The molecule has 18 heavy (non-hydrogen) atoms. The first kappa shape index (κ1) is 14.2. The van der Waals surface area contributed by atoms with Crippen molar-refractivity contribution in [3.05, 3.63) is 29.8 Å². The summed E-state index contributed by atoms with van der Waals surface area (Å²) in [6, 6.07) is 9.11. The van der Waals surface area contributed by atoms with Crippen molar-refractivity contribution in [3.63, 3.8) is 0 Å². The van der Waals surface area contributed by atoms with E-state index in [1.807, 2.05) is 6.07 Å². The predicted molar refractivity (Wildman–Crippen MR) is 73.0 cm³/mol. The standard InChI is InChI=1S/C15H20N2O/c1-11(15(2,3)4)9-14(18)17-13-8-6-5-7-12(13)10-16/h5-8,11H,9H2,1-4H3,(H,17,18). The van der Waals surface area contributed by atoms with Crippen LogP contribution in [0.5, 0.6) is 0 Å². The minimum Gasteiger partial charge on any atom is -0.325 e. The van der Waals surface area contributed by atoms with Crippen LogP contribution in [-0.4, -0.2) is 5.91 Å². The summed E-state index contributed by atoms with van der Waals surface area (Å²) in [7, 11) is 0. The van der Waals surface area contributed by atoms with Gasteiger partial charge in [0.05, 0.1) is 11.3 Å². The summed E-state index contributed by atoms with van der Waals surface area (Å²) in [6.07, 6.45) is 0.462. The molecule has 96 valence electrons. The lowest BCUT2D eigenvalue weighted by Gasteiger charge is -2.26. The van der Waals surface area contributed by atoms with Gasteiger partial charge < -0.3 is 5.32 Å². The van der Waals surface area contributed by atoms with Gasteiger partial charge in [-0.05, 0) is 23.5 Å². The van der Waals surface area contributed by atoms with E-state index in [0.29, 0.717) is 17.7 Å². The molecule has 3 heteroatoms. The highest BCUT2D eigenvalue weighted by Crippen LogP contribution is 2.28. The normalized spacial score (nSPS) is 12.6. The zero-order valence-corrected chi connectivity index (χ0v) is 11.4. The molecule has 0 saturated carbocycles. The summed E-state index contributed by atoms with van der Waals surface area (Å²) in [6.45, 7) is 8.42. The van der Waals surface area contributed by atoms with Crippen molar-refractivity contribution in [1.82, 2.24) is 0 Å². The third kappa shape index (κ3) is 3.89. The van der Waals surface area contributed by atoms with E-state index in [0.717, 1.165) is 0 Å². The molecule has 1 amide bonds. The molecule has 1 rings (SSSR count). The fourth-order valence-electron chi connectivity index (χ4n) is 1.48. The Hall–Kier alpha value is -1.82. The van der Waals surface area contributed by atoms with Crippen molar-refractivity contribution < 1.29 is 4.79 Å². The van der Waals surface area contributed by atoms with Crippen LogP contribution in [0.3, 0.4) is 0 Å². The third-order valence-electron chi connectivity index (χ3n) is 3.29. The fraction of sp³-hybridized carbons (Fsp3) is 0.467. The highest BCUT2D eigenvalue weighted by atomic mass is 16.1. The predicted octanol–water partition coefficient (Wildman–Crippen LogP) is 3.57. The largest absolute Gasteiger partial charge is 0.325 e. The van der Waals surface area contributed by atoms with E-state index >= 15 is 0 Å². The molecule has 1 N–H and O–H groups in total. The van der Waals surface area contributed by atoms with Gasteiger partial charge >= 0.3 is 0 Å². The Morgan fingerprint density at radius 3 is 2.56 bits per heavy atom. The summed E-state index contributed by atoms with van der Waals surface area (Å²) >= 11 is 0. The lowest BCUT2D eigenvalue weighted by atomic mass is 9.80. The van der Waals surface area contributed by atoms with Crippen LogP contribution in [0.2, 0.25) is 0 Å². The number of nitriles is 1. The van der Waals surface area contributed by atoms with E-state index < -0.39 is 0 Å². The number of para-hydroxylation sites is 1. The minimum absolute atomic E-state index is 0.0416. The second kappa shape index (κ2) is 5.68. The smallest absolute Gasteiger partial charge is 0.224 e. The number of hydrogen-bond acceptors (Lipinski definition) is 2. The van der Waals surface area contributed by atoms with Crippen LogP contribution in [0.1, 0.15) is 39.7 Å². The van der Waals surface area contributed by atoms with Crippen LogP contribution in [0.4, 0.5) is 5.69 Å². The molecule has 0 heterocycles. The molecular weight excluding hydrogens is 224 g/mol. The van der Waals surface area contributed by atoms with Gasteiger partial charge in [-0.15, -0.1) is 0 Å². The summed E-state index contributed by atoms with van der Waals surface area (Å²) in [5.74, 6) is 0.242. The Morgan fingerprint density at radius 2 is 2.00 bits per heavy atom. The molecule has 0 aliphatic heterocycles. The SMILES string of the molecule is CC(CC(=O)Nc1ccccc1C#N)C(C)(C)C. The van der Waals surface area contributed by atoms with Gasteiger partial charge in [0.1, 0.15) is 6.07 Å². The van der Waals surface area contributed by atoms with Crippen LogP contribution in [0, 0.1) is 22.7 Å². The van der Waals surface area contributed by atoms with Gasteiger partial charge in [-0.25, -0.2) is 0 Å². The maximum Gasteiger partial charge on any atom is 0.224 e. The molecule has 0 aromatic heterocycles. The molecule has 0 radical (unpaired) electrons. The summed E-state index contributed by atoms with van der Waals surface area (Å²) in [4.78, 5) is 11.9. The zero-order valence-electron chi connectivity index (χ0n) is 11.4. The summed E-state index contributed by atoms with van der Waals surface area (Å²) in [5.41, 5.74) is 1.19. The molecule has 0 saturated heterocycles. The molecule has 3 nitrogen and oxygen atoms in total. The Balaban J connectivity index is 2.69. The summed E-state index contributed by atoms with van der Waals surface area (Å²) < 4.78 is 0. The first-order chi connectivity index (χ1) is 8.34. The zero-order chi connectivity index (χ0) is 13.8. The number of carbonyl (C=O) groups excluding carboxylic acids is 1. The van der Waals surface area contributed by atoms with Gasteiger partial charge in [0, 0.05) is 6.42 Å². The van der Waals surface area contributed by atoms with E-state index in [1.165, 1.54) is 0 Å². The van der Waals surface area contributed by atoms with Crippen LogP contribution in [0.15, 0.2) is 24.3 Å². The number of benzene rings is 1. The lowest BCUT2D eigenvalue weighted by molar-refractivity contribution is -0.117. The van der Waals surface area contributed by atoms with Crippen molar-refractivity contribution in [3.8, 4) is 6.07 Å². The van der Waals surface area contributed by atoms with Gasteiger partial charge in [0.25, 0.3) is 0 Å². The topological polar surface area (TPSA) is 52.9 Å². The number of rotatable bonds is 3. The molecule has 1 unspecified atom stereocenters. The van der Waals surface area contributed by atoms with E-state index in [-0.39, 0.29) is 17.2 Å². The van der Waals surface area contributed by atoms with E-state index in [2.05, 4.69) is 39.1 Å². The molecule has 1 aromatic carbocycles. The first-order valence-electron chi connectivity index (χ1n) is 6.13. The highest BCUT2D eigenvalue weighted by Gasteiger charge is 2.22. The van der Waals surface area contributed by atoms with E-state index in [1.54, 1.807) is 18.2 Å². The molecule has 0 aliphatic rings. The maximum atomic E-state index is 11.9. The average molecular weight is 244 g/mol. The number of amides is 1. The average Bonchev–Trinajstić information content (AvgIpc) is 2.28. The van der Waals surface area contributed by atoms with Crippen LogP contribution in [0.25, 0.3) is 0 Å². The summed E-state index contributed by atoms with van der Waals surface area (Å²) in [5, 5.41) is 11.7. The van der Waals surface area contributed by atoms with Crippen molar-refractivity contribution in [2.75, 3.05) is 5.32 Å². The minimum atomic E-state index is -0.0416. The number of anilines is 1. The first-order valence-corrected chi connectivity index (χ1v) is 6.13.